The minimum Gasteiger partial charge on any atom is -0.350 e. The van der Waals surface area contributed by atoms with Crippen LogP contribution < -0.4 is 10.6 Å². The van der Waals surface area contributed by atoms with Crippen molar-refractivity contribution in [2.24, 2.45) is 0 Å². The predicted octanol–water partition coefficient (Wildman–Crippen LogP) is 5.28. The number of fused-ring (bicyclic) bond motifs is 1. The molecule has 0 bridgehead atoms. The van der Waals surface area contributed by atoms with E-state index >= 15 is 0 Å². The molecule has 2 aromatic carbocycles. The Morgan fingerprint density at radius 1 is 0.935 bits per heavy atom. The second-order valence-electron chi connectivity index (χ2n) is 11.1. The summed E-state index contributed by atoms with van der Waals surface area (Å²) >= 11 is 5.04. The summed E-state index contributed by atoms with van der Waals surface area (Å²) in [6.45, 7) is 14.1. The first-order valence-corrected chi connectivity index (χ1v) is 11.7. The molecule has 1 fully saturated rings. The zero-order valence-corrected chi connectivity index (χ0v) is 20.4. The summed E-state index contributed by atoms with van der Waals surface area (Å²) in [5, 5.41) is 6.12. The van der Waals surface area contributed by atoms with Crippen LogP contribution in [-0.2, 0) is 27.5 Å². The molecule has 1 atom stereocenters. The van der Waals surface area contributed by atoms with E-state index < -0.39 is 0 Å². The van der Waals surface area contributed by atoms with E-state index in [1.165, 1.54) is 35.1 Å². The standard InChI is InChI=1S/C27H34N2OS/c1-25(2)13-14-26(3,4)21-16-19(11-12-20(21)25)27(5,6)18-9-7-17(8-10-18)15-22-23(30)29-24(31)28-22/h7-12,16,22H,13-15H2,1-6H3,(H2,28,29,30,31). The summed E-state index contributed by atoms with van der Waals surface area (Å²) in [6, 6.07) is 15.6. The van der Waals surface area contributed by atoms with E-state index in [0.717, 1.165) is 5.56 Å². The molecule has 0 spiro atoms. The van der Waals surface area contributed by atoms with E-state index in [9.17, 15) is 4.79 Å². The quantitative estimate of drug-likeness (QED) is 0.644. The fourth-order valence-electron chi connectivity index (χ4n) is 5.04. The lowest BCUT2D eigenvalue weighted by atomic mass is 9.62. The highest BCUT2D eigenvalue weighted by molar-refractivity contribution is 7.80. The van der Waals surface area contributed by atoms with Crippen molar-refractivity contribution in [3.8, 4) is 0 Å². The van der Waals surface area contributed by atoms with E-state index in [-0.39, 0.29) is 28.2 Å². The van der Waals surface area contributed by atoms with Crippen molar-refractivity contribution in [2.75, 3.05) is 0 Å². The summed E-state index contributed by atoms with van der Waals surface area (Å²) in [5.74, 6) is -0.0472. The molecule has 2 aromatic rings. The second-order valence-corrected chi connectivity index (χ2v) is 11.5. The molecule has 0 aromatic heterocycles. The second kappa shape index (κ2) is 7.44. The molecule has 2 N–H and O–H groups in total. The van der Waals surface area contributed by atoms with Gasteiger partial charge in [-0.15, -0.1) is 0 Å². The molecule has 2 aliphatic rings. The van der Waals surface area contributed by atoms with Crippen LogP contribution in [0.5, 0.6) is 0 Å². The molecule has 1 aliphatic carbocycles. The number of nitrogens with one attached hydrogen (secondary N) is 2. The normalized spacial score (nSPS) is 21.9. The molecule has 31 heavy (non-hydrogen) atoms. The third-order valence-corrected chi connectivity index (χ3v) is 7.77. The molecule has 0 saturated carbocycles. The highest BCUT2D eigenvalue weighted by atomic mass is 32.1. The van der Waals surface area contributed by atoms with Gasteiger partial charge in [-0.3, -0.25) is 4.79 Å². The Labute approximate surface area is 192 Å². The highest BCUT2D eigenvalue weighted by Crippen LogP contribution is 2.47. The van der Waals surface area contributed by atoms with Crippen LogP contribution in [0.3, 0.4) is 0 Å². The third kappa shape index (κ3) is 4.03. The highest BCUT2D eigenvalue weighted by Gasteiger charge is 2.38. The van der Waals surface area contributed by atoms with Gasteiger partial charge in [0.15, 0.2) is 5.11 Å². The first-order valence-electron chi connectivity index (χ1n) is 11.3. The molecule has 4 heteroatoms. The van der Waals surface area contributed by atoms with Gasteiger partial charge in [-0.1, -0.05) is 84.0 Å². The van der Waals surface area contributed by atoms with Gasteiger partial charge in [0.25, 0.3) is 0 Å². The SMILES string of the molecule is CC1(C)CCC(C)(C)c2cc(C(C)(C)c3ccc(CC4NC(=S)NC4=O)cc3)ccc21. The Hall–Kier alpha value is -2.20. The van der Waals surface area contributed by atoms with Crippen LogP contribution in [0.25, 0.3) is 0 Å². The van der Waals surface area contributed by atoms with Gasteiger partial charge in [0.1, 0.15) is 6.04 Å². The van der Waals surface area contributed by atoms with Crippen LogP contribution in [-0.4, -0.2) is 17.1 Å². The van der Waals surface area contributed by atoms with Crippen molar-refractivity contribution in [3.05, 3.63) is 70.3 Å². The Balaban J connectivity index is 1.61. The van der Waals surface area contributed by atoms with Crippen molar-refractivity contribution in [3.63, 3.8) is 0 Å². The first kappa shape index (κ1) is 22.0. The molecule has 1 saturated heterocycles. The molecule has 4 rings (SSSR count). The van der Waals surface area contributed by atoms with Crippen molar-refractivity contribution in [2.45, 2.75) is 83.1 Å². The summed E-state index contributed by atoms with van der Waals surface area (Å²) in [6.07, 6.45) is 3.09. The van der Waals surface area contributed by atoms with E-state index in [0.29, 0.717) is 11.5 Å². The maximum atomic E-state index is 12.0. The Morgan fingerprint density at radius 3 is 2.10 bits per heavy atom. The van der Waals surface area contributed by atoms with Crippen molar-refractivity contribution >= 4 is 23.2 Å². The topological polar surface area (TPSA) is 41.1 Å². The number of carbonyl (C=O) groups excluding carboxylic acids is 1. The van der Waals surface area contributed by atoms with Gasteiger partial charge in [0.05, 0.1) is 0 Å². The van der Waals surface area contributed by atoms with Crippen molar-refractivity contribution in [1.82, 2.24) is 10.6 Å². The van der Waals surface area contributed by atoms with Crippen LogP contribution >= 0.6 is 12.2 Å². The maximum Gasteiger partial charge on any atom is 0.249 e. The minimum atomic E-state index is -0.280. The van der Waals surface area contributed by atoms with Gasteiger partial charge in [0, 0.05) is 11.8 Å². The zero-order chi connectivity index (χ0) is 22.6. The monoisotopic (exact) mass is 434 g/mol. The van der Waals surface area contributed by atoms with Crippen LogP contribution in [0.2, 0.25) is 0 Å². The lowest BCUT2D eigenvalue weighted by molar-refractivity contribution is -0.120. The number of thiocarbonyl (C=S) groups is 1. The minimum absolute atomic E-state index is 0.0472. The number of carbonyl (C=O) groups is 1. The molecular formula is C27H34N2OS. The Bertz CT molecular complexity index is 1030. The maximum absolute atomic E-state index is 12.0. The summed E-state index contributed by atoms with van der Waals surface area (Å²) in [5.41, 5.74) is 7.10. The Morgan fingerprint density at radius 2 is 1.52 bits per heavy atom. The fourth-order valence-corrected chi connectivity index (χ4v) is 5.28. The molecule has 3 nitrogen and oxygen atoms in total. The Kier molecular flexibility index (Phi) is 5.28. The van der Waals surface area contributed by atoms with Crippen molar-refractivity contribution in [1.29, 1.82) is 0 Å². The molecule has 1 aliphatic heterocycles. The van der Waals surface area contributed by atoms with E-state index in [1.807, 2.05) is 0 Å². The summed E-state index contributed by atoms with van der Waals surface area (Å²) in [7, 11) is 0. The molecule has 1 unspecified atom stereocenters. The number of hydrogen-bond donors (Lipinski definition) is 2. The number of rotatable bonds is 4. The van der Waals surface area contributed by atoms with E-state index in [4.69, 9.17) is 12.2 Å². The summed E-state index contributed by atoms with van der Waals surface area (Å²) in [4.78, 5) is 12.0. The molecule has 1 amide bonds. The molecule has 0 radical (unpaired) electrons. The lowest BCUT2D eigenvalue weighted by Gasteiger charge is -2.43. The zero-order valence-electron chi connectivity index (χ0n) is 19.6. The number of benzene rings is 2. The van der Waals surface area contributed by atoms with Gasteiger partial charge in [-0.2, -0.15) is 0 Å². The fraction of sp³-hybridized carbons (Fsp3) is 0.481. The van der Waals surface area contributed by atoms with Crippen molar-refractivity contribution < 1.29 is 4.79 Å². The van der Waals surface area contributed by atoms with E-state index in [2.05, 4.69) is 94.6 Å². The third-order valence-electron chi connectivity index (χ3n) is 7.55. The van der Waals surface area contributed by atoms with Crippen LogP contribution in [0.4, 0.5) is 0 Å². The molecular weight excluding hydrogens is 400 g/mol. The van der Waals surface area contributed by atoms with Crippen LogP contribution in [0.1, 0.15) is 82.2 Å². The first-order chi connectivity index (χ1) is 14.4. The smallest absolute Gasteiger partial charge is 0.249 e. The predicted molar refractivity (Wildman–Crippen MR) is 132 cm³/mol. The lowest BCUT2D eigenvalue weighted by Crippen LogP contribution is -2.34. The number of hydrogen-bond acceptors (Lipinski definition) is 2. The van der Waals surface area contributed by atoms with Gasteiger partial charge in [-0.05, 0) is 63.7 Å². The summed E-state index contributed by atoms with van der Waals surface area (Å²) < 4.78 is 0. The van der Waals surface area contributed by atoms with Gasteiger partial charge in [-0.25, -0.2) is 0 Å². The van der Waals surface area contributed by atoms with Gasteiger partial charge >= 0.3 is 0 Å². The molecule has 1 heterocycles. The average Bonchev–Trinajstić information content (AvgIpc) is 3.02. The molecule has 164 valence electrons. The number of amides is 1. The van der Waals surface area contributed by atoms with Gasteiger partial charge < -0.3 is 10.6 Å². The average molecular weight is 435 g/mol. The van der Waals surface area contributed by atoms with Crippen LogP contribution in [0.15, 0.2) is 42.5 Å². The van der Waals surface area contributed by atoms with E-state index in [1.54, 1.807) is 0 Å². The van der Waals surface area contributed by atoms with Gasteiger partial charge in [0.2, 0.25) is 5.91 Å². The van der Waals surface area contributed by atoms with Crippen LogP contribution in [0, 0.1) is 0 Å². The largest absolute Gasteiger partial charge is 0.350 e.